The summed E-state index contributed by atoms with van der Waals surface area (Å²) in [7, 11) is 3.30. The van der Waals surface area contributed by atoms with Crippen LogP contribution in [0.5, 0.6) is 11.5 Å². The van der Waals surface area contributed by atoms with E-state index in [0.717, 1.165) is 41.0 Å². The Kier molecular flexibility index (Phi) is 7.86. The Balaban J connectivity index is 2.76. The summed E-state index contributed by atoms with van der Waals surface area (Å²) in [6, 6.07) is 4.04. The number of hydrogen-bond donors (Lipinski definition) is 1. The first kappa shape index (κ1) is 16.3. The van der Waals surface area contributed by atoms with Crippen LogP contribution in [0.3, 0.4) is 0 Å². The summed E-state index contributed by atoms with van der Waals surface area (Å²) >= 11 is 3.53. The first-order valence-electron chi connectivity index (χ1n) is 6.41. The predicted octanol–water partition coefficient (Wildman–Crippen LogP) is 2.98. The van der Waals surface area contributed by atoms with Gasteiger partial charge >= 0.3 is 0 Å². The smallest absolute Gasteiger partial charge is 0.175 e. The van der Waals surface area contributed by atoms with E-state index in [1.807, 2.05) is 12.1 Å². The number of hydrogen-bond acceptors (Lipinski definition) is 4. The molecule has 0 fully saturated rings. The molecular weight excluding hydrogens is 310 g/mol. The molecule has 0 saturated heterocycles. The van der Waals surface area contributed by atoms with Gasteiger partial charge in [-0.3, -0.25) is 0 Å². The van der Waals surface area contributed by atoms with Crippen LogP contribution in [0.25, 0.3) is 0 Å². The minimum absolute atomic E-state index is 0.499. The van der Waals surface area contributed by atoms with Crippen molar-refractivity contribution < 1.29 is 14.2 Å². The van der Waals surface area contributed by atoms with Gasteiger partial charge in [-0.15, -0.1) is 0 Å². The van der Waals surface area contributed by atoms with Crippen molar-refractivity contribution >= 4 is 15.9 Å². The van der Waals surface area contributed by atoms with Crippen LogP contribution in [0, 0.1) is 0 Å². The molecule has 0 unspecified atom stereocenters. The van der Waals surface area contributed by atoms with E-state index in [4.69, 9.17) is 14.2 Å². The van der Waals surface area contributed by atoms with Crippen LogP contribution >= 0.6 is 15.9 Å². The second-order valence-electron chi connectivity index (χ2n) is 4.13. The molecule has 0 heterocycles. The summed E-state index contributed by atoms with van der Waals surface area (Å²) < 4.78 is 16.9. The Labute approximate surface area is 123 Å². The number of halogens is 1. The van der Waals surface area contributed by atoms with Gasteiger partial charge in [0.1, 0.15) is 6.61 Å². The Bertz CT molecular complexity index is 385. The normalized spacial score (nSPS) is 10.5. The molecule has 0 spiro atoms. The van der Waals surface area contributed by atoms with Crippen LogP contribution in [0.1, 0.15) is 18.9 Å². The van der Waals surface area contributed by atoms with E-state index in [1.54, 1.807) is 14.2 Å². The lowest BCUT2D eigenvalue weighted by Crippen LogP contribution is -2.14. The zero-order valence-electron chi connectivity index (χ0n) is 11.8. The molecular formula is C14H22BrNO3. The highest BCUT2D eigenvalue weighted by molar-refractivity contribution is 9.10. The van der Waals surface area contributed by atoms with Gasteiger partial charge in [0.25, 0.3) is 0 Å². The monoisotopic (exact) mass is 331 g/mol. The maximum Gasteiger partial charge on any atom is 0.175 e. The Morgan fingerprint density at radius 1 is 1.21 bits per heavy atom. The van der Waals surface area contributed by atoms with Crippen molar-refractivity contribution in [2.24, 2.45) is 0 Å². The fraction of sp³-hybridized carbons (Fsp3) is 0.571. The van der Waals surface area contributed by atoms with Crippen molar-refractivity contribution in [1.29, 1.82) is 0 Å². The van der Waals surface area contributed by atoms with Gasteiger partial charge in [0, 0.05) is 13.7 Å². The van der Waals surface area contributed by atoms with Crippen LogP contribution in [0.15, 0.2) is 16.6 Å². The average molecular weight is 332 g/mol. The van der Waals surface area contributed by atoms with Gasteiger partial charge in [0.15, 0.2) is 11.5 Å². The molecule has 5 heteroatoms. The van der Waals surface area contributed by atoms with Crippen LogP contribution in [-0.2, 0) is 11.3 Å². The van der Waals surface area contributed by atoms with Gasteiger partial charge in [0.05, 0.1) is 18.2 Å². The molecule has 0 saturated carbocycles. The molecule has 108 valence electrons. The molecule has 0 radical (unpaired) electrons. The second-order valence-corrected chi connectivity index (χ2v) is 4.98. The molecule has 0 amide bonds. The highest BCUT2D eigenvalue weighted by atomic mass is 79.9. The molecule has 1 N–H and O–H groups in total. The van der Waals surface area contributed by atoms with Crippen LogP contribution in [-0.4, -0.2) is 34.0 Å². The average Bonchev–Trinajstić information content (AvgIpc) is 2.41. The number of ether oxygens (including phenoxy) is 3. The summed E-state index contributed by atoms with van der Waals surface area (Å²) in [5.74, 6) is 1.46. The van der Waals surface area contributed by atoms with E-state index in [1.165, 1.54) is 0 Å². The summed E-state index contributed by atoms with van der Waals surface area (Å²) in [5, 5.41) is 3.36. The van der Waals surface area contributed by atoms with E-state index in [-0.39, 0.29) is 0 Å². The predicted molar refractivity (Wildman–Crippen MR) is 80.1 cm³/mol. The third-order valence-corrected chi connectivity index (χ3v) is 3.17. The third kappa shape index (κ3) is 5.38. The molecule has 0 aliphatic carbocycles. The molecule has 0 aliphatic rings. The van der Waals surface area contributed by atoms with E-state index in [0.29, 0.717) is 13.2 Å². The topological polar surface area (TPSA) is 39.7 Å². The van der Waals surface area contributed by atoms with Gasteiger partial charge in [-0.1, -0.05) is 6.92 Å². The maximum absolute atomic E-state index is 5.66. The number of methoxy groups -OCH3 is 2. The minimum atomic E-state index is 0.499. The van der Waals surface area contributed by atoms with Gasteiger partial charge in [-0.05, 0) is 46.6 Å². The fourth-order valence-corrected chi connectivity index (χ4v) is 2.26. The Morgan fingerprint density at radius 2 is 2.00 bits per heavy atom. The fourth-order valence-electron chi connectivity index (χ4n) is 1.65. The first-order valence-corrected chi connectivity index (χ1v) is 7.21. The molecule has 0 atom stereocenters. The van der Waals surface area contributed by atoms with E-state index in [9.17, 15) is 0 Å². The van der Waals surface area contributed by atoms with Crippen molar-refractivity contribution in [2.75, 3.05) is 34.0 Å². The molecule has 0 aliphatic heterocycles. The second kappa shape index (κ2) is 9.18. The quantitative estimate of drug-likeness (QED) is 0.706. The van der Waals surface area contributed by atoms with Crippen molar-refractivity contribution in [1.82, 2.24) is 5.32 Å². The molecule has 19 heavy (non-hydrogen) atoms. The molecule has 4 nitrogen and oxygen atoms in total. The largest absolute Gasteiger partial charge is 0.493 e. The number of benzene rings is 1. The van der Waals surface area contributed by atoms with Gasteiger partial charge in [-0.2, -0.15) is 0 Å². The van der Waals surface area contributed by atoms with Crippen molar-refractivity contribution in [3.05, 3.63) is 22.2 Å². The molecule has 1 aromatic rings. The van der Waals surface area contributed by atoms with Gasteiger partial charge < -0.3 is 19.5 Å². The lowest BCUT2D eigenvalue weighted by Gasteiger charge is -2.14. The maximum atomic E-state index is 5.66. The van der Waals surface area contributed by atoms with Crippen LogP contribution in [0.4, 0.5) is 0 Å². The zero-order chi connectivity index (χ0) is 14.1. The number of rotatable bonds is 9. The molecule has 0 aromatic heterocycles. The Morgan fingerprint density at radius 3 is 2.63 bits per heavy atom. The van der Waals surface area contributed by atoms with E-state index in [2.05, 4.69) is 28.2 Å². The lowest BCUT2D eigenvalue weighted by molar-refractivity contribution is 0.143. The lowest BCUT2D eigenvalue weighted by atomic mass is 10.2. The van der Waals surface area contributed by atoms with Crippen molar-refractivity contribution in [2.45, 2.75) is 19.9 Å². The van der Waals surface area contributed by atoms with Crippen LogP contribution < -0.4 is 14.8 Å². The van der Waals surface area contributed by atoms with Gasteiger partial charge in [0.2, 0.25) is 0 Å². The summed E-state index contributed by atoms with van der Waals surface area (Å²) in [6.45, 7) is 5.03. The summed E-state index contributed by atoms with van der Waals surface area (Å²) in [6.07, 6.45) is 1.12. The Hall–Kier alpha value is -0.780. The third-order valence-electron chi connectivity index (χ3n) is 2.58. The first-order chi connectivity index (χ1) is 9.22. The van der Waals surface area contributed by atoms with Gasteiger partial charge in [-0.25, -0.2) is 0 Å². The summed E-state index contributed by atoms with van der Waals surface area (Å²) in [5.41, 5.74) is 1.16. The molecule has 0 bridgehead atoms. The number of nitrogens with one attached hydrogen (secondary N) is 1. The zero-order valence-corrected chi connectivity index (χ0v) is 13.4. The highest BCUT2D eigenvalue weighted by Gasteiger charge is 2.11. The minimum Gasteiger partial charge on any atom is -0.493 e. The van der Waals surface area contributed by atoms with E-state index >= 15 is 0 Å². The standard InChI is InChI=1S/C14H22BrNO3/c1-4-5-16-10-11-8-12(15)14(13(9-11)18-3)19-7-6-17-2/h8-9,16H,4-7,10H2,1-3H3. The van der Waals surface area contributed by atoms with Crippen molar-refractivity contribution in [3.63, 3.8) is 0 Å². The van der Waals surface area contributed by atoms with Crippen LogP contribution in [0.2, 0.25) is 0 Å². The van der Waals surface area contributed by atoms with Crippen molar-refractivity contribution in [3.8, 4) is 11.5 Å². The highest BCUT2D eigenvalue weighted by Crippen LogP contribution is 2.36. The summed E-state index contributed by atoms with van der Waals surface area (Å²) in [4.78, 5) is 0. The SMILES string of the molecule is CCCNCc1cc(Br)c(OCCOC)c(OC)c1. The molecule has 1 aromatic carbocycles. The molecule has 1 rings (SSSR count). The van der Waals surface area contributed by atoms with E-state index < -0.39 is 0 Å².